The van der Waals surface area contributed by atoms with E-state index in [2.05, 4.69) is 33.2 Å². The number of aryl methyl sites for hydroxylation is 1. The monoisotopic (exact) mass is 349 g/mol. The molecule has 0 spiro atoms. The van der Waals surface area contributed by atoms with E-state index in [4.69, 9.17) is 9.72 Å². The first-order chi connectivity index (χ1) is 12.7. The smallest absolute Gasteiger partial charge is 0.275 e. The maximum Gasteiger partial charge on any atom is 0.275 e. The number of fused-ring (bicyclic) bond motifs is 1. The van der Waals surface area contributed by atoms with Gasteiger partial charge in [0.05, 0.1) is 24.9 Å². The van der Waals surface area contributed by atoms with Crippen LogP contribution in [0.15, 0.2) is 42.9 Å². The summed E-state index contributed by atoms with van der Waals surface area (Å²) in [7, 11) is 0. The second kappa shape index (κ2) is 7.05. The minimum absolute atomic E-state index is 0.283. The number of rotatable bonds is 3. The Morgan fingerprint density at radius 3 is 2.81 bits per heavy atom. The normalized spacial score (nSPS) is 14.4. The zero-order valence-corrected chi connectivity index (χ0v) is 14.5. The largest absolute Gasteiger partial charge is 0.378 e. The number of benzene rings is 1. The Hall–Kier alpha value is -3.06. The highest BCUT2D eigenvalue weighted by Gasteiger charge is 2.14. The van der Waals surface area contributed by atoms with Crippen molar-refractivity contribution in [3.63, 3.8) is 0 Å². The summed E-state index contributed by atoms with van der Waals surface area (Å²) in [6, 6.07) is 7.81. The van der Waals surface area contributed by atoms with Crippen LogP contribution < -0.4 is 10.2 Å². The number of morpholine rings is 1. The summed E-state index contributed by atoms with van der Waals surface area (Å²) >= 11 is 0. The molecule has 0 aliphatic carbocycles. The van der Waals surface area contributed by atoms with Crippen molar-refractivity contribution in [2.45, 2.75) is 6.92 Å². The number of hydrogen-bond donors (Lipinski definition) is 1. The van der Waals surface area contributed by atoms with Crippen LogP contribution in [0.1, 0.15) is 16.1 Å². The quantitative estimate of drug-likeness (QED) is 0.782. The number of carbonyl (C=O) groups excluding carboxylic acids is 1. The molecule has 0 radical (unpaired) electrons. The van der Waals surface area contributed by atoms with Gasteiger partial charge in [-0.05, 0) is 36.8 Å². The van der Waals surface area contributed by atoms with E-state index in [0.29, 0.717) is 5.69 Å². The maximum absolute atomic E-state index is 12.2. The Morgan fingerprint density at radius 2 is 2.04 bits per heavy atom. The van der Waals surface area contributed by atoms with Crippen molar-refractivity contribution in [2.24, 2.45) is 0 Å². The Kier molecular flexibility index (Phi) is 4.45. The summed E-state index contributed by atoms with van der Waals surface area (Å²) in [5.41, 5.74) is 3.01. The molecule has 0 unspecified atom stereocenters. The second-order valence-corrected chi connectivity index (χ2v) is 6.17. The van der Waals surface area contributed by atoms with E-state index in [1.165, 1.54) is 18.6 Å². The lowest BCUT2D eigenvalue weighted by molar-refractivity contribution is 0.102. The standard InChI is InChI=1S/C19H19N5O2/c1-13-10-18(24-6-8-26-9-7-24)23-16-3-2-14(11-15(13)16)22-19(25)17-12-20-4-5-21-17/h2-5,10-12H,6-9H2,1H3,(H,22,25). The predicted octanol–water partition coefficient (Wildman–Crippen LogP) is 2.42. The van der Waals surface area contributed by atoms with E-state index in [1.807, 2.05) is 18.2 Å². The van der Waals surface area contributed by atoms with E-state index >= 15 is 0 Å². The lowest BCUT2D eigenvalue weighted by atomic mass is 10.1. The number of ether oxygens (including phenoxy) is 1. The van der Waals surface area contributed by atoms with Gasteiger partial charge >= 0.3 is 0 Å². The molecule has 1 aliphatic rings. The summed E-state index contributed by atoms with van der Waals surface area (Å²) in [6.07, 6.45) is 4.47. The molecular formula is C19H19N5O2. The third-order valence-electron chi connectivity index (χ3n) is 4.39. The van der Waals surface area contributed by atoms with Gasteiger partial charge in [-0.3, -0.25) is 9.78 Å². The van der Waals surface area contributed by atoms with Gasteiger partial charge in [0.15, 0.2) is 0 Å². The minimum atomic E-state index is -0.284. The molecule has 7 heteroatoms. The molecule has 3 heterocycles. The topological polar surface area (TPSA) is 80.2 Å². The lowest BCUT2D eigenvalue weighted by Crippen LogP contribution is -2.36. The number of carbonyl (C=O) groups is 1. The fourth-order valence-corrected chi connectivity index (χ4v) is 3.02. The highest BCUT2D eigenvalue weighted by atomic mass is 16.5. The number of hydrogen-bond acceptors (Lipinski definition) is 6. The second-order valence-electron chi connectivity index (χ2n) is 6.17. The molecule has 0 saturated carbocycles. The molecule has 2 aromatic heterocycles. The number of aromatic nitrogens is 3. The van der Waals surface area contributed by atoms with Crippen LogP contribution in [0.3, 0.4) is 0 Å². The van der Waals surface area contributed by atoms with E-state index < -0.39 is 0 Å². The fourth-order valence-electron chi connectivity index (χ4n) is 3.02. The molecule has 4 rings (SSSR count). The van der Waals surface area contributed by atoms with Crippen molar-refractivity contribution in [3.05, 3.63) is 54.1 Å². The zero-order chi connectivity index (χ0) is 17.9. The molecule has 7 nitrogen and oxygen atoms in total. The SMILES string of the molecule is Cc1cc(N2CCOCC2)nc2ccc(NC(=O)c3cnccn3)cc12. The molecule has 26 heavy (non-hydrogen) atoms. The summed E-state index contributed by atoms with van der Waals surface area (Å²) in [6.45, 7) is 5.22. The van der Waals surface area contributed by atoms with Gasteiger partial charge in [0.1, 0.15) is 11.5 Å². The van der Waals surface area contributed by atoms with Gasteiger partial charge in [-0.1, -0.05) is 0 Å². The summed E-state index contributed by atoms with van der Waals surface area (Å²) in [4.78, 5) is 27.2. The Bertz CT molecular complexity index is 939. The number of pyridine rings is 1. The van der Waals surface area contributed by atoms with Gasteiger partial charge in [-0.15, -0.1) is 0 Å². The van der Waals surface area contributed by atoms with Gasteiger partial charge in [-0.25, -0.2) is 9.97 Å². The summed E-state index contributed by atoms with van der Waals surface area (Å²) < 4.78 is 5.41. The van der Waals surface area contributed by atoms with Crippen LogP contribution >= 0.6 is 0 Å². The number of nitrogens with one attached hydrogen (secondary N) is 1. The number of amides is 1. The van der Waals surface area contributed by atoms with Gasteiger partial charge in [-0.2, -0.15) is 0 Å². The summed E-state index contributed by atoms with van der Waals surface area (Å²) in [5.74, 6) is 0.683. The number of anilines is 2. The highest BCUT2D eigenvalue weighted by Crippen LogP contribution is 2.26. The van der Waals surface area contributed by atoms with Crippen molar-refractivity contribution in [3.8, 4) is 0 Å². The van der Waals surface area contributed by atoms with E-state index in [-0.39, 0.29) is 11.6 Å². The van der Waals surface area contributed by atoms with E-state index in [1.54, 1.807) is 0 Å². The van der Waals surface area contributed by atoms with Crippen LogP contribution in [0, 0.1) is 6.92 Å². The van der Waals surface area contributed by atoms with Gasteiger partial charge in [0, 0.05) is 36.6 Å². The van der Waals surface area contributed by atoms with Crippen molar-refractivity contribution < 1.29 is 9.53 Å². The van der Waals surface area contributed by atoms with Crippen LogP contribution in [0.4, 0.5) is 11.5 Å². The number of nitrogens with zero attached hydrogens (tertiary/aromatic N) is 4. The fraction of sp³-hybridized carbons (Fsp3) is 0.263. The average molecular weight is 349 g/mol. The first-order valence-electron chi connectivity index (χ1n) is 8.52. The van der Waals surface area contributed by atoms with Gasteiger partial charge in [0.2, 0.25) is 0 Å². The molecule has 1 aliphatic heterocycles. The van der Waals surface area contributed by atoms with E-state index in [0.717, 1.165) is 48.6 Å². The Balaban J connectivity index is 1.61. The van der Waals surface area contributed by atoms with Gasteiger partial charge < -0.3 is 15.0 Å². The van der Waals surface area contributed by atoms with Crippen molar-refractivity contribution >= 4 is 28.3 Å². The van der Waals surface area contributed by atoms with Crippen LogP contribution in [0.2, 0.25) is 0 Å². The molecule has 1 fully saturated rings. The first kappa shape index (κ1) is 16.4. The Labute approximate surface area is 151 Å². The van der Waals surface area contributed by atoms with Crippen LogP contribution in [-0.4, -0.2) is 47.2 Å². The maximum atomic E-state index is 12.2. The average Bonchev–Trinajstić information content (AvgIpc) is 2.69. The minimum Gasteiger partial charge on any atom is -0.378 e. The predicted molar refractivity (Wildman–Crippen MR) is 99.5 cm³/mol. The zero-order valence-electron chi connectivity index (χ0n) is 14.5. The Morgan fingerprint density at radius 1 is 1.19 bits per heavy atom. The molecule has 1 aromatic carbocycles. The van der Waals surface area contributed by atoms with Crippen molar-refractivity contribution in [1.82, 2.24) is 15.0 Å². The molecule has 1 saturated heterocycles. The van der Waals surface area contributed by atoms with Crippen LogP contribution in [0.25, 0.3) is 10.9 Å². The van der Waals surface area contributed by atoms with Crippen LogP contribution in [-0.2, 0) is 4.74 Å². The molecule has 3 aromatic rings. The molecule has 1 N–H and O–H groups in total. The third kappa shape index (κ3) is 3.34. The van der Waals surface area contributed by atoms with Crippen LogP contribution in [0.5, 0.6) is 0 Å². The van der Waals surface area contributed by atoms with E-state index in [9.17, 15) is 4.79 Å². The molecule has 1 amide bonds. The highest BCUT2D eigenvalue weighted by molar-refractivity contribution is 6.03. The summed E-state index contributed by atoms with van der Waals surface area (Å²) in [5, 5.41) is 3.87. The molecule has 0 atom stereocenters. The van der Waals surface area contributed by atoms with Gasteiger partial charge in [0.25, 0.3) is 5.91 Å². The third-order valence-corrected chi connectivity index (χ3v) is 4.39. The molecule has 0 bridgehead atoms. The van der Waals surface area contributed by atoms with Crippen molar-refractivity contribution in [2.75, 3.05) is 36.5 Å². The first-order valence-corrected chi connectivity index (χ1v) is 8.52. The lowest BCUT2D eigenvalue weighted by Gasteiger charge is -2.28. The molecule has 132 valence electrons. The van der Waals surface area contributed by atoms with Crippen molar-refractivity contribution in [1.29, 1.82) is 0 Å². The molecular weight excluding hydrogens is 330 g/mol.